The Labute approximate surface area is 120 Å². The first kappa shape index (κ1) is 16.9. The molecule has 0 radical (unpaired) electrons. The van der Waals surface area contributed by atoms with E-state index in [1.807, 2.05) is 0 Å². The third-order valence-corrected chi connectivity index (χ3v) is 3.99. The summed E-state index contributed by atoms with van der Waals surface area (Å²) in [5.41, 5.74) is 0. The van der Waals surface area contributed by atoms with E-state index in [2.05, 4.69) is 44.8 Å². The van der Waals surface area contributed by atoms with Crippen LogP contribution in [0.2, 0.25) is 0 Å². The number of ether oxygens (including phenoxy) is 1. The maximum absolute atomic E-state index is 5.69. The van der Waals surface area contributed by atoms with E-state index in [-0.39, 0.29) is 0 Å². The zero-order valence-corrected chi connectivity index (χ0v) is 13.6. The van der Waals surface area contributed by atoms with Gasteiger partial charge in [-0.05, 0) is 24.7 Å². The average Bonchev–Trinajstić information content (AvgIpc) is 2.37. The summed E-state index contributed by atoms with van der Waals surface area (Å²) >= 11 is 0. The molecule has 1 aliphatic heterocycles. The summed E-state index contributed by atoms with van der Waals surface area (Å²) in [6.07, 6.45) is 2.39. The van der Waals surface area contributed by atoms with Gasteiger partial charge in [0.25, 0.3) is 0 Å². The van der Waals surface area contributed by atoms with Crippen molar-refractivity contribution in [3.63, 3.8) is 0 Å². The number of hydrogen-bond donors (Lipinski definition) is 1. The predicted molar refractivity (Wildman–Crippen MR) is 82.6 cm³/mol. The Kier molecular flexibility index (Phi) is 7.96. The van der Waals surface area contributed by atoms with Crippen molar-refractivity contribution < 1.29 is 4.74 Å². The predicted octanol–water partition coefficient (Wildman–Crippen LogP) is 2.76. The molecule has 0 bridgehead atoms. The van der Waals surface area contributed by atoms with E-state index in [1.54, 1.807) is 0 Å². The van der Waals surface area contributed by atoms with Crippen LogP contribution in [0.5, 0.6) is 0 Å². The molecule has 19 heavy (non-hydrogen) atoms. The molecule has 114 valence electrons. The first-order chi connectivity index (χ1) is 9.04. The number of rotatable bonds is 8. The Balaban J connectivity index is 2.29. The normalized spacial score (nSPS) is 25.4. The van der Waals surface area contributed by atoms with E-state index < -0.39 is 0 Å². The highest BCUT2D eigenvalue weighted by atomic mass is 16.5. The van der Waals surface area contributed by atoms with Gasteiger partial charge in [0.2, 0.25) is 0 Å². The highest BCUT2D eigenvalue weighted by Gasteiger charge is 2.28. The van der Waals surface area contributed by atoms with Gasteiger partial charge in [-0.15, -0.1) is 0 Å². The quantitative estimate of drug-likeness (QED) is 0.686. The van der Waals surface area contributed by atoms with Crippen molar-refractivity contribution in [3.8, 4) is 0 Å². The lowest BCUT2D eigenvalue weighted by atomic mass is 9.97. The summed E-state index contributed by atoms with van der Waals surface area (Å²) in [5, 5.41) is 3.67. The van der Waals surface area contributed by atoms with Gasteiger partial charge >= 0.3 is 0 Å². The molecule has 0 spiro atoms. The van der Waals surface area contributed by atoms with E-state index in [0.29, 0.717) is 18.0 Å². The van der Waals surface area contributed by atoms with Crippen LogP contribution in [0.3, 0.4) is 0 Å². The summed E-state index contributed by atoms with van der Waals surface area (Å²) < 4.78 is 5.69. The Hall–Kier alpha value is -0.120. The molecule has 1 aliphatic rings. The van der Waals surface area contributed by atoms with Gasteiger partial charge in [-0.1, -0.05) is 34.6 Å². The van der Waals surface area contributed by atoms with Gasteiger partial charge in [-0.25, -0.2) is 0 Å². The van der Waals surface area contributed by atoms with Crippen LogP contribution in [-0.2, 0) is 4.74 Å². The van der Waals surface area contributed by atoms with Gasteiger partial charge in [0.1, 0.15) is 0 Å². The molecule has 1 rings (SSSR count). The number of hydrogen-bond acceptors (Lipinski definition) is 3. The van der Waals surface area contributed by atoms with Crippen LogP contribution in [-0.4, -0.2) is 49.8 Å². The molecule has 0 aromatic carbocycles. The Morgan fingerprint density at radius 3 is 2.58 bits per heavy atom. The van der Waals surface area contributed by atoms with Crippen LogP contribution >= 0.6 is 0 Å². The van der Waals surface area contributed by atoms with Crippen LogP contribution in [0, 0.1) is 11.8 Å². The highest BCUT2D eigenvalue weighted by molar-refractivity contribution is 4.87. The molecule has 1 fully saturated rings. The average molecular weight is 270 g/mol. The van der Waals surface area contributed by atoms with Gasteiger partial charge in [0, 0.05) is 44.9 Å². The number of nitrogens with zero attached hydrogens (tertiary/aromatic N) is 1. The summed E-state index contributed by atoms with van der Waals surface area (Å²) in [7, 11) is 0. The molecule has 1 N–H and O–H groups in total. The maximum atomic E-state index is 5.69. The Morgan fingerprint density at radius 2 is 2.00 bits per heavy atom. The van der Waals surface area contributed by atoms with Crippen LogP contribution in [0.15, 0.2) is 0 Å². The molecule has 3 heteroatoms. The van der Waals surface area contributed by atoms with Crippen molar-refractivity contribution in [2.75, 3.05) is 32.8 Å². The SMILES string of the molecule is CCC1CN(CCCOCC(C)C)C(C(C)C)CN1. The summed E-state index contributed by atoms with van der Waals surface area (Å²) in [4.78, 5) is 2.67. The van der Waals surface area contributed by atoms with E-state index in [9.17, 15) is 0 Å². The summed E-state index contributed by atoms with van der Waals surface area (Å²) in [5.74, 6) is 1.37. The lowest BCUT2D eigenvalue weighted by Crippen LogP contribution is -2.58. The zero-order valence-electron chi connectivity index (χ0n) is 13.6. The maximum Gasteiger partial charge on any atom is 0.0489 e. The van der Waals surface area contributed by atoms with Gasteiger partial charge in [-0.2, -0.15) is 0 Å². The van der Waals surface area contributed by atoms with Crippen molar-refractivity contribution >= 4 is 0 Å². The number of nitrogens with one attached hydrogen (secondary N) is 1. The van der Waals surface area contributed by atoms with Crippen molar-refractivity contribution in [2.45, 2.75) is 59.5 Å². The fraction of sp³-hybridized carbons (Fsp3) is 1.00. The van der Waals surface area contributed by atoms with Crippen LogP contribution in [0.4, 0.5) is 0 Å². The minimum atomic E-state index is 0.645. The standard InChI is InChI=1S/C16H34N2O/c1-6-15-11-18(16(10-17-15)14(4)5)8-7-9-19-12-13(2)3/h13-17H,6-12H2,1-5H3. The minimum absolute atomic E-state index is 0.645. The molecule has 0 amide bonds. The lowest BCUT2D eigenvalue weighted by molar-refractivity contribution is 0.0674. The van der Waals surface area contributed by atoms with E-state index in [0.717, 1.165) is 32.1 Å². The van der Waals surface area contributed by atoms with Crippen LogP contribution in [0.25, 0.3) is 0 Å². The van der Waals surface area contributed by atoms with Gasteiger partial charge < -0.3 is 10.1 Å². The van der Waals surface area contributed by atoms with Gasteiger partial charge in [-0.3, -0.25) is 4.90 Å². The number of piperazine rings is 1. The molecule has 3 nitrogen and oxygen atoms in total. The van der Waals surface area contributed by atoms with Gasteiger partial charge in [0.15, 0.2) is 0 Å². The van der Waals surface area contributed by atoms with Crippen molar-refractivity contribution in [3.05, 3.63) is 0 Å². The summed E-state index contributed by atoms with van der Waals surface area (Å²) in [6.45, 7) is 16.7. The fourth-order valence-corrected chi connectivity index (χ4v) is 2.78. The highest BCUT2D eigenvalue weighted by Crippen LogP contribution is 2.16. The molecular weight excluding hydrogens is 236 g/mol. The first-order valence-corrected chi connectivity index (χ1v) is 8.09. The van der Waals surface area contributed by atoms with Crippen LogP contribution < -0.4 is 5.32 Å². The van der Waals surface area contributed by atoms with Crippen molar-refractivity contribution in [1.29, 1.82) is 0 Å². The van der Waals surface area contributed by atoms with Crippen LogP contribution in [0.1, 0.15) is 47.5 Å². The fourth-order valence-electron chi connectivity index (χ4n) is 2.78. The third kappa shape index (κ3) is 6.24. The smallest absolute Gasteiger partial charge is 0.0489 e. The molecule has 0 saturated carbocycles. The first-order valence-electron chi connectivity index (χ1n) is 8.09. The Morgan fingerprint density at radius 1 is 1.26 bits per heavy atom. The molecule has 0 aromatic heterocycles. The Bertz CT molecular complexity index is 231. The molecular formula is C16H34N2O. The van der Waals surface area contributed by atoms with E-state index >= 15 is 0 Å². The van der Waals surface area contributed by atoms with Crippen molar-refractivity contribution in [1.82, 2.24) is 10.2 Å². The second-order valence-electron chi connectivity index (χ2n) is 6.64. The largest absolute Gasteiger partial charge is 0.381 e. The minimum Gasteiger partial charge on any atom is -0.381 e. The van der Waals surface area contributed by atoms with Crippen molar-refractivity contribution in [2.24, 2.45) is 11.8 Å². The summed E-state index contributed by atoms with van der Waals surface area (Å²) in [6, 6.07) is 1.36. The second kappa shape index (κ2) is 8.93. The van der Waals surface area contributed by atoms with E-state index in [4.69, 9.17) is 4.74 Å². The molecule has 1 saturated heterocycles. The molecule has 2 atom stereocenters. The third-order valence-electron chi connectivity index (χ3n) is 3.99. The molecule has 0 aromatic rings. The zero-order chi connectivity index (χ0) is 14.3. The molecule has 2 unspecified atom stereocenters. The monoisotopic (exact) mass is 270 g/mol. The van der Waals surface area contributed by atoms with Gasteiger partial charge in [0.05, 0.1) is 0 Å². The lowest BCUT2D eigenvalue weighted by Gasteiger charge is -2.42. The molecule has 1 heterocycles. The topological polar surface area (TPSA) is 24.5 Å². The van der Waals surface area contributed by atoms with E-state index in [1.165, 1.54) is 19.5 Å². The second-order valence-corrected chi connectivity index (χ2v) is 6.64. The molecule has 0 aliphatic carbocycles.